The summed E-state index contributed by atoms with van der Waals surface area (Å²) in [5.41, 5.74) is 3.21. The van der Waals surface area contributed by atoms with Crippen LogP contribution in [0.4, 0.5) is 5.69 Å². The fourth-order valence-electron chi connectivity index (χ4n) is 3.03. The molecule has 0 bridgehead atoms. The third kappa shape index (κ3) is 3.58. The van der Waals surface area contributed by atoms with E-state index in [0.717, 1.165) is 16.8 Å². The van der Waals surface area contributed by atoms with Gasteiger partial charge in [0.15, 0.2) is 0 Å². The number of anilines is 1. The molecule has 0 aliphatic heterocycles. The number of amides is 2. The lowest BCUT2D eigenvalue weighted by atomic mass is 10.0. The molecule has 0 atom stereocenters. The molecule has 4 nitrogen and oxygen atoms in total. The van der Waals surface area contributed by atoms with Gasteiger partial charge >= 0.3 is 0 Å². The van der Waals surface area contributed by atoms with Gasteiger partial charge in [0.2, 0.25) is 11.8 Å². The van der Waals surface area contributed by atoms with Crippen LogP contribution in [0, 0.1) is 19.3 Å². The minimum absolute atomic E-state index is 0.0994. The molecule has 25 heavy (non-hydrogen) atoms. The molecule has 0 aromatic heterocycles. The SMILES string of the molecule is Cc1ccc(NC(=O)C2(C(=O)N(C)Cc3ccccc3)CC2)cc1C. The number of benzene rings is 2. The van der Waals surface area contributed by atoms with Gasteiger partial charge in [-0.3, -0.25) is 9.59 Å². The maximum atomic E-state index is 12.8. The number of nitrogens with zero attached hydrogens (tertiary/aromatic N) is 1. The van der Waals surface area contributed by atoms with Crippen molar-refractivity contribution in [2.45, 2.75) is 33.2 Å². The van der Waals surface area contributed by atoms with E-state index in [1.807, 2.05) is 62.4 Å². The Morgan fingerprint density at radius 1 is 1.04 bits per heavy atom. The average Bonchev–Trinajstić information content (AvgIpc) is 3.40. The van der Waals surface area contributed by atoms with Gasteiger partial charge in [0.1, 0.15) is 5.41 Å². The molecular weight excluding hydrogens is 312 g/mol. The lowest BCUT2D eigenvalue weighted by molar-refractivity contribution is -0.141. The fraction of sp³-hybridized carbons (Fsp3) is 0.333. The van der Waals surface area contributed by atoms with Crippen LogP contribution in [0.2, 0.25) is 0 Å². The van der Waals surface area contributed by atoms with Gasteiger partial charge in [0.05, 0.1) is 0 Å². The van der Waals surface area contributed by atoms with Gasteiger partial charge in [-0.05, 0) is 55.5 Å². The standard InChI is InChI=1S/C21H24N2O2/c1-15-9-10-18(13-16(15)2)22-19(24)21(11-12-21)20(25)23(3)14-17-7-5-4-6-8-17/h4-10,13H,11-12,14H2,1-3H3,(H,22,24). The first-order valence-electron chi connectivity index (χ1n) is 8.60. The maximum Gasteiger partial charge on any atom is 0.240 e. The summed E-state index contributed by atoms with van der Waals surface area (Å²) >= 11 is 0. The Morgan fingerprint density at radius 2 is 1.72 bits per heavy atom. The Hall–Kier alpha value is -2.62. The van der Waals surface area contributed by atoms with Crippen molar-refractivity contribution in [1.82, 2.24) is 4.90 Å². The zero-order chi connectivity index (χ0) is 18.0. The molecule has 1 fully saturated rings. The second-order valence-corrected chi connectivity index (χ2v) is 6.98. The number of hydrogen-bond acceptors (Lipinski definition) is 2. The van der Waals surface area contributed by atoms with Crippen molar-refractivity contribution >= 4 is 17.5 Å². The number of hydrogen-bond donors (Lipinski definition) is 1. The maximum absolute atomic E-state index is 12.8. The number of rotatable bonds is 5. The molecule has 3 rings (SSSR count). The van der Waals surface area contributed by atoms with Crippen molar-refractivity contribution in [3.63, 3.8) is 0 Å². The molecule has 4 heteroatoms. The second-order valence-electron chi connectivity index (χ2n) is 6.98. The summed E-state index contributed by atoms with van der Waals surface area (Å²) in [6.07, 6.45) is 1.23. The number of carbonyl (C=O) groups excluding carboxylic acids is 2. The molecule has 2 aromatic carbocycles. The molecular formula is C21H24N2O2. The van der Waals surface area contributed by atoms with E-state index >= 15 is 0 Å². The predicted molar refractivity (Wildman–Crippen MR) is 99.1 cm³/mol. The number of nitrogens with one attached hydrogen (secondary N) is 1. The molecule has 2 aromatic rings. The summed E-state index contributed by atoms with van der Waals surface area (Å²) < 4.78 is 0. The normalized spacial score (nSPS) is 14.7. The van der Waals surface area contributed by atoms with Crippen LogP contribution in [0.1, 0.15) is 29.5 Å². The van der Waals surface area contributed by atoms with Gasteiger partial charge < -0.3 is 10.2 Å². The molecule has 1 aliphatic rings. The van der Waals surface area contributed by atoms with Crippen LogP contribution in [-0.4, -0.2) is 23.8 Å². The van der Waals surface area contributed by atoms with E-state index in [9.17, 15) is 9.59 Å². The summed E-state index contributed by atoms with van der Waals surface area (Å²) in [4.78, 5) is 27.2. The fourth-order valence-corrected chi connectivity index (χ4v) is 3.03. The summed E-state index contributed by atoms with van der Waals surface area (Å²) in [6, 6.07) is 15.6. The Labute approximate surface area is 148 Å². The number of aryl methyl sites for hydroxylation is 2. The van der Waals surface area contributed by atoms with Crippen molar-refractivity contribution in [1.29, 1.82) is 0 Å². The Kier molecular flexibility index (Phi) is 4.62. The van der Waals surface area contributed by atoms with E-state index < -0.39 is 5.41 Å². The summed E-state index contributed by atoms with van der Waals surface area (Å²) in [5, 5.41) is 2.93. The Morgan fingerprint density at radius 3 is 2.32 bits per heavy atom. The quantitative estimate of drug-likeness (QED) is 0.847. The van der Waals surface area contributed by atoms with E-state index in [1.54, 1.807) is 11.9 Å². The lowest BCUT2D eigenvalue weighted by Crippen LogP contribution is -2.40. The molecule has 0 spiro atoms. The zero-order valence-electron chi connectivity index (χ0n) is 15.0. The van der Waals surface area contributed by atoms with Crippen LogP contribution >= 0.6 is 0 Å². The van der Waals surface area contributed by atoms with Crippen LogP contribution in [0.3, 0.4) is 0 Å². The van der Waals surface area contributed by atoms with Crippen molar-refractivity contribution in [2.75, 3.05) is 12.4 Å². The molecule has 1 saturated carbocycles. The van der Waals surface area contributed by atoms with E-state index in [-0.39, 0.29) is 11.8 Å². The minimum atomic E-state index is -0.900. The molecule has 1 aliphatic carbocycles. The van der Waals surface area contributed by atoms with Crippen LogP contribution in [0.5, 0.6) is 0 Å². The van der Waals surface area contributed by atoms with Gasteiger partial charge in [-0.2, -0.15) is 0 Å². The molecule has 0 unspecified atom stereocenters. The van der Waals surface area contributed by atoms with E-state index in [1.165, 1.54) is 5.56 Å². The van der Waals surface area contributed by atoms with Crippen molar-refractivity contribution in [3.8, 4) is 0 Å². The van der Waals surface area contributed by atoms with Crippen LogP contribution in [-0.2, 0) is 16.1 Å². The molecule has 0 radical (unpaired) electrons. The van der Waals surface area contributed by atoms with E-state index in [2.05, 4.69) is 5.32 Å². The van der Waals surface area contributed by atoms with Gasteiger partial charge in [0.25, 0.3) is 0 Å². The predicted octanol–water partition coefficient (Wildman–Crippen LogP) is 3.68. The highest BCUT2D eigenvalue weighted by Gasteiger charge is 2.57. The smallest absolute Gasteiger partial charge is 0.240 e. The molecule has 2 amide bonds. The van der Waals surface area contributed by atoms with Crippen molar-refractivity contribution in [3.05, 3.63) is 65.2 Å². The van der Waals surface area contributed by atoms with Gasteiger partial charge in [-0.15, -0.1) is 0 Å². The lowest BCUT2D eigenvalue weighted by Gasteiger charge is -2.23. The second kappa shape index (κ2) is 6.71. The first-order valence-corrected chi connectivity index (χ1v) is 8.60. The summed E-state index contributed by atoms with van der Waals surface area (Å²) in [6.45, 7) is 4.56. The summed E-state index contributed by atoms with van der Waals surface area (Å²) in [5.74, 6) is -0.293. The topological polar surface area (TPSA) is 49.4 Å². The third-order valence-electron chi connectivity index (χ3n) is 4.97. The Bertz CT molecular complexity index is 795. The highest BCUT2D eigenvalue weighted by molar-refractivity contribution is 6.13. The largest absolute Gasteiger partial charge is 0.340 e. The van der Waals surface area contributed by atoms with Crippen LogP contribution in [0.15, 0.2) is 48.5 Å². The van der Waals surface area contributed by atoms with E-state index in [4.69, 9.17) is 0 Å². The summed E-state index contributed by atoms with van der Waals surface area (Å²) in [7, 11) is 1.76. The average molecular weight is 336 g/mol. The first kappa shape index (κ1) is 17.2. The molecule has 1 N–H and O–H groups in total. The van der Waals surface area contributed by atoms with Gasteiger partial charge in [-0.25, -0.2) is 0 Å². The monoisotopic (exact) mass is 336 g/mol. The highest BCUT2D eigenvalue weighted by Crippen LogP contribution is 2.48. The van der Waals surface area contributed by atoms with Gasteiger partial charge in [-0.1, -0.05) is 36.4 Å². The highest BCUT2D eigenvalue weighted by atomic mass is 16.2. The third-order valence-corrected chi connectivity index (χ3v) is 4.97. The zero-order valence-corrected chi connectivity index (χ0v) is 15.0. The van der Waals surface area contributed by atoms with Crippen molar-refractivity contribution < 1.29 is 9.59 Å². The Balaban J connectivity index is 1.69. The van der Waals surface area contributed by atoms with Crippen molar-refractivity contribution in [2.24, 2.45) is 5.41 Å². The molecule has 0 heterocycles. The molecule has 130 valence electrons. The molecule has 0 saturated heterocycles. The van der Waals surface area contributed by atoms with Gasteiger partial charge in [0, 0.05) is 19.3 Å². The van der Waals surface area contributed by atoms with E-state index in [0.29, 0.717) is 19.4 Å². The van der Waals surface area contributed by atoms with Crippen LogP contribution < -0.4 is 5.32 Å². The number of carbonyl (C=O) groups is 2. The first-order chi connectivity index (χ1) is 11.9. The minimum Gasteiger partial charge on any atom is -0.340 e. The van der Waals surface area contributed by atoms with Crippen LogP contribution in [0.25, 0.3) is 0 Å².